The molecule has 2 heterocycles. The fourth-order valence-corrected chi connectivity index (χ4v) is 3.06. The zero-order valence-electron chi connectivity index (χ0n) is 15.9. The van der Waals surface area contributed by atoms with Crippen LogP contribution >= 0.6 is 0 Å². The second-order valence-corrected chi connectivity index (χ2v) is 6.12. The molecule has 0 spiro atoms. The van der Waals surface area contributed by atoms with Crippen LogP contribution in [0.25, 0.3) is 11.0 Å². The molecular weight excluding hydrogens is 344 g/mol. The predicted octanol–water partition coefficient (Wildman–Crippen LogP) is 3.27. The van der Waals surface area contributed by atoms with Gasteiger partial charge in [-0.1, -0.05) is 6.08 Å². The standard InChI is InChI=1S/C20H22N4O3/c1-6-7-13-8-14(9-17(26-4)18(13)27-5)20(25)22-15-10-16-12(2)23-24(3)19(16)21-11-15/h6,8-11H,1,7H2,2-5H3,(H,22,25). The van der Waals surface area contributed by atoms with E-state index in [1.807, 2.05) is 20.0 Å². The summed E-state index contributed by atoms with van der Waals surface area (Å²) in [5.41, 5.74) is 3.52. The van der Waals surface area contributed by atoms with E-state index in [9.17, 15) is 4.79 Å². The number of hydrogen-bond acceptors (Lipinski definition) is 5. The van der Waals surface area contributed by atoms with Gasteiger partial charge in [0.1, 0.15) is 0 Å². The number of aryl methyl sites for hydroxylation is 2. The van der Waals surface area contributed by atoms with Crippen molar-refractivity contribution in [1.82, 2.24) is 14.8 Å². The van der Waals surface area contributed by atoms with E-state index < -0.39 is 0 Å². The zero-order valence-corrected chi connectivity index (χ0v) is 15.9. The van der Waals surface area contributed by atoms with Crippen LogP contribution in [-0.2, 0) is 13.5 Å². The topological polar surface area (TPSA) is 78.3 Å². The van der Waals surface area contributed by atoms with E-state index in [1.165, 1.54) is 0 Å². The maximum absolute atomic E-state index is 12.8. The van der Waals surface area contributed by atoms with Crippen molar-refractivity contribution in [1.29, 1.82) is 0 Å². The van der Waals surface area contributed by atoms with Crippen LogP contribution in [0.3, 0.4) is 0 Å². The Morgan fingerprint density at radius 1 is 1.30 bits per heavy atom. The molecule has 0 unspecified atom stereocenters. The lowest BCUT2D eigenvalue weighted by atomic mass is 10.0. The molecule has 0 saturated carbocycles. The van der Waals surface area contributed by atoms with Gasteiger partial charge in [0.25, 0.3) is 5.91 Å². The van der Waals surface area contributed by atoms with Crippen molar-refractivity contribution in [3.8, 4) is 11.5 Å². The van der Waals surface area contributed by atoms with Crippen LogP contribution in [0, 0.1) is 6.92 Å². The number of carbonyl (C=O) groups is 1. The molecular formula is C20H22N4O3. The van der Waals surface area contributed by atoms with Gasteiger partial charge in [-0.2, -0.15) is 5.10 Å². The predicted molar refractivity (Wildman–Crippen MR) is 105 cm³/mol. The van der Waals surface area contributed by atoms with Crippen molar-refractivity contribution in [2.75, 3.05) is 19.5 Å². The van der Waals surface area contributed by atoms with E-state index in [1.54, 1.807) is 43.3 Å². The molecule has 27 heavy (non-hydrogen) atoms. The minimum atomic E-state index is -0.260. The maximum atomic E-state index is 12.8. The molecule has 2 aromatic heterocycles. The summed E-state index contributed by atoms with van der Waals surface area (Å²) in [6.07, 6.45) is 3.93. The van der Waals surface area contributed by atoms with Crippen molar-refractivity contribution in [3.63, 3.8) is 0 Å². The van der Waals surface area contributed by atoms with Crippen LogP contribution < -0.4 is 14.8 Å². The van der Waals surface area contributed by atoms with Crippen LogP contribution in [0.5, 0.6) is 11.5 Å². The number of hydrogen-bond donors (Lipinski definition) is 1. The molecule has 0 aliphatic carbocycles. The third-order valence-electron chi connectivity index (χ3n) is 4.30. The second-order valence-electron chi connectivity index (χ2n) is 6.12. The third kappa shape index (κ3) is 3.48. The fraction of sp³-hybridized carbons (Fsp3) is 0.250. The number of aromatic nitrogens is 3. The first-order valence-electron chi connectivity index (χ1n) is 8.45. The Bertz CT molecular complexity index is 1020. The van der Waals surface area contributed by atoms with Gasteiger partial charge in [-0.05, 0) is 31.5 Å². The van der Waals surface area contributed by atoms with Gasteiger partial charge in [-0.3, -0.25) is 9.48 Å². The molecule has 0 aliphatic rings. The molecule has 1 aromatic carbocycles. The lowest BCUT2D eigenvalue weighted by Crippen LogP contribution is -2.13. The van der Waals surface area contributed by atoms with Gasteiger partial charge in [0.05, 0.1) is 31.8 Å². The lowest BCUT2D eigenvalue weighted by Gasteiger charge is -2.14. The summed E-state index contributed by atoms with van der Waals surface area (Å²) in [4.78, 5) is 17.2. The Balaban J connectivity index is 1.95. The minimum Gasteiger partial charge on any atom is -0.493 e. The molecule has 1 N–H and O–H groups in total. The summed E-state index contributed by atoms with van der Waals surface area (Å²) in [7, 11) is 4.95. The number of nitrogens with zero attached hydrogens (tertiary/aromatic N) is 3. The highest BCUT2D eigenvalue weighted by molar-refractivity contribution is 6.05. The normalized spacial score (nSPS) is 10.7. The van der Waals surface area contributed by atoms with Crippen molar-refractivity contribution < 1.29 is 14.3 Å². The van der Waals surface area contributed by atoms with E-state index in [0.717, 1.165) is 22.3 Å². The number of carbonyl (C=O) groups excluding carboxylic acids is 1. The van der Waals surface area contributed by atoms with Crippen molar-refractivity contribution in [2.24, 2.45) is 7.05 Å². The summed E-state index contributed by atoms with van der Waals surface area (Å²) < 4.78 is 12.5. The number of pyridine rings is 1. The highest BCUT2D eigenvalue weighted by Gasteiger charge is 2.16. The largest absolute Gasteiger partial charge is 0.493 e. The van der Waals surface area contributed by atoms with E-state index in [0.29, 0.717) is 29.2 Å². The van der Waals surface area contributed by atoms with Crippen molar-refractivity contribution in [3.05, 3.63) is 53.9 Å². The molecule has 1 amide bonds. The molecule has 3 rings (SSSR count). The first-order valence-corrected chi connectivity index (χ1v) is 8.45. The van der Waals surface area contributed by atoms with Crippen LogP contribution in [0.4, 0.5) is 5.69 Å². The number of methoxy groups -OCH3 is 2. The number of allylic oxidation sites excluding steroid dienone is 1. The molecule has 0 fully saturated rings. The molecule has 0 atom stereocenters. The first-order chi connectivity index (χ1) is 13.0. The SMILES string of the molecule is C=CCc1cc(C(=O)Nc2cnc3c(c2)c(C)nn3C)cc(OC)c1OC. The highest BCUT2D eigenvalue weighted by atomic mass is 16.5. The zero-order chi connectivity index (χ0) is 19.6. The van der Waals surface area contributed by atoms with E-state index in [4.69, 9.17) is 9.47 Å². The number of nitrogens with one attached hydrogen (secondary N) is 1. The summed E-state index contributed by atoms with van der Waals surface area (Å²) in [5.74, 6) is 0.839. The molecule has 3 aromatic rings. The summed E-state index contributed by atoms with van der Waals surface area (Å²) >= 11 is 0. The fourth-order valence-electron chi connectivity index (χ4n) is 3.06. The Morgan fingerprint density at radius 3 is 2.74 bits per heavy atom. The van der Waals surface area contributed by atoms with Crippen LogP contribution in [0.15, 0.2) is 37.1 Å². The average Bonchev–Trinajstić information content (AvgIpc) is 2.94. The number of benzene rings is 1. The molecule has 0 bridgehead atoms. The van der Waals surface area contributed by atoms with Crippen molar-refractivity contribution >= 4 is 22.6 Å². The molecule has 7 heteroatoms. The summed E-state index contributed by atoms with van der Waals surface area (Å²) in [6, 6.07) is 5.30. The molecule has 140 valence electrons. The monoisotopic (exact) mass is 366 g/mol. The smallest absolute Gasteiger partial charge is 0.255 e. The average molecular weight is 366 g/mol. The van der Waals surface area contributed by atoms with Gasteiger partial charge in [0.2, 0.25) is 0 Å². The number of rotatable bonds is 6. The molecule has 0 aliphatic heterocycles. The van der Waals surface area contributed by atoms with Crippen molar-refractivity contribution in [2.45, 2.75) is 13.3 Å². The first kappa shape index (κ1) is 18.4. The third-order valence-corrected chi connectivity index (χ3v) is 4.30. The van der Waals surface area contributed by atoms with E-state index in [-0.39, 0.29) is 5.91 Å². The van der Waals surface area contributed by atoms with Gasteiger partial charge in [-0.15, -0.1) is 6.58 Å². The van der Waals surface area contributed by atoms with Crippen LogP contribution in [-0.4, -0.2) is 34.9 Å². The van der Waals surface area contributed by atoms with Gasteiger partial charge >= 0.3 is 0 Å². The Hall–Kier alpha value is -3.35. The van der Waals surface area contributed by atoms with Gasteiger partial charge in [0.15, 0.2) is 17.1 Å². The Kier molecular flexibility index (Phi) is 5.12. The van der Waals surface area contributed by atoms with E-state index in [2.05, 4.69) is 22.0 Å². The van der Waals surface area contributed by atoms with E-state index >= 15 is 0 Å². The number of fused-ring (bicyclic) bond motifs is 1. The molecule has 7 nitrogen and oxygen atoms in total. The van der Waals surface area contributed by atoms with Crippen LogP contribution in [0.2, 0.25) is 0 Å². The Labute approximate surface area is 157 Å². The molecule has 0 radical (unpaired) electrons. The second kappa shape index (κ2) is 7.49. The summed E-state index contributed by atoms with van der Waals surface area (Å²) in [6.45, 7) is 5.66. The highest BCUT2D eigenvalue weighted by Crippen LogP contribution is 2.33. The quantitative estimate of drug-likeness (QED) is 0.678. The van der Waals surface area contributed by atoms with Gasteiger partial charge < -0.3 is 14.8 Å². The van der Waals surface area contributed by atoms with Crippen LogP contribution in [0.1, 0.15) is 21.6 Å². The lowest BCUT2D eigenvalue weighted by molar-refractivity contribution is 0.102. The number of ether oxygens (including phenoxy) is 2. The number of amides is 1. The maximum Gasteiger partial charge on any atom is 0.255 e. The number of anilines is 1. The summed E-state index contributed by atoms with van der Waals surface area (Å²) in [5, 5.41) is 8.13. The Morgan fingerprint density at radius 2 is 2.07 bits per heavy atom. The van der Waals surface area contributed by atoms with Gasteiger partial charge in [0, 0.05) is 23.6 Å². The minimum absolute atomic E-state index is 0.260. The van der Waals surface area contributed by atoms with Gasteiger partial charge in [-0.25, -0.2) is 4.98 Å². The molecule has 0 saturated heterocycles.